The van der Waals surface area contributed by atoms with Crippen LogP contribution in [0, 0.1) is 13.8 Å². The Kier molecular flexibility index (Phi) is 7.67. The van der Waals surface area contributed by atoms with Crippen LogP contribution >= 0.6 is 0 Å². The number of amides is 1. The van der Waals surface area contributed by atoms with Gasteiger partial charge in [-0.2, -0.15) is 0 Å². The monoisotopic (exact) mass is 357 g/mol. The Labute approximate surface area is 154 Å². The smallest absolute Gasteiger partial charge is 0.222 e. The van der Waals surface area contributed by atoms with Gasteiger partial charge in [-0.3, -0.25) is 4.79 Å². The van der Waals surface area contributed by atoms with Crippen molar-refractivity contribution in [3.8, 4) is 0 Å². The van der Waals surface area contributed by atoms with E-state index >= 15 is 0 Å². The largest absolute Gasteiger partial charge is 0.444 e. The molecule has 1 heterocycles. The standard InChI is InChI=1S/C19H27N5O2/c1-4-20-19(23-13-18-24-14(2)15(3)26-18)21-11-10-17(25)22-12-16-8-6-5-7-9-16/h5-9H,4,10-13H2,1-3H3,(H,22,25)(H2,20,21,23). The molecule has 0 spiro atoms. The fraction of sp³-hybridized carbons (Fsp3) is 0.421. The highest BCUT2D eigenvalue weighted by Gasteiger charge is 2.06. The van der Waals surface area contributed by atoms with Gasteiger partial charge in [-0.05, 0) is 26.3 Å². The molecule has 140 valence electrons. The fourth-order valence-corrected chi connectivity index (χ4v) is 2.27. The predicted molar refractivity (Wildman–Crippen MR) is 102 cm³/mol. The molecule has 0 aliphatic rings. The molecular weight excluding hydrogens is 330 g/mol. The molecule has 0 fully saturated rings. The molecule has 26 heavy (non-hydrogen) atoms. The number of aliphatic imine (C=N–C) groups is 1. The minimum absolute atomic E-state index is 0.00356. The molecule has 2 rings (SSSR count). The van der Waals surface area contributed by atoms with E-state index in [9.17, 15) is 4.79 Å². The van der Waals surface area contributed by atoms with Crippen molar-refractivity contribution in [2.24, 2.45) is 4.99 Å². The summed E-state index contributed by atoms with van der Waals surface area (Å²) in [7, 11) is 0. The van der Waals surface area contributed by atoms with E-state index in [1.807, 2.05) is 51.1 Å². The summed E-state index contributed by atoms with van der Waals surface area (Å²) < 4.78 is 5.52. The number of benzene rings is 1. The van der Waals surface area contributed by atoms with Gasteiger partial charge in [-0.15, -0.1) is 0 Å². The van der Waals surface area contributed by atoms with Crippen molar-refractivity contribution in [1.82, 2.24) is 20.9 Å². The van der Waals surface area contributed by atoms with Crippen molar-refractivity contribution in [3.63, 3.8) is 0 Å². The van der Waals surface area contributed by atoms with Gasteiger partial charge in [0.2, 0.25) is 11.8 Å². The number of hydrogen-bond donors (Lipinski definition) is 3. The van der Waals surface area contributed by atoms with E-state index in [0.29, 0.717) is 37.9 Å². The van der Waals surface area contributed by atoms with Gasteiger partial charge in [0.15, 0.2) is 5.96 Å². The van der Waals surface area contributed by atoms with Crippen LogP contribution in [-0.2, 0) is 17.9 Å². The molecular formula is C19H27N5O2. The Morgan fingerprint density at radius 1 is 1.15 bits per heavy atom. The Morgan fingerprint density at radius 3 is 2.58 bits per heavy atom. The Morgan fingerprint density at radius 2 is 1.92 bits per heavy atom. The molecule has 0 aliphatic carbocycles. The first kappa shape index (κ1) is 19.5. The number of nitrogens with zero attached hydrogens (tertiary/aromatic N) is 2. The van der Waals surface area contributed by atoms with E-state index in [1.165, 1.54) is 0 Å². The van der Waals surface area contributed by atoms with Crippen LogP contribution in [0.5, 0.6) is 0 Å². The minimum atomic E-state index is -0.00356. The van der Waals surface area contributed by atoms with Crippen molar-refractivity contribution < 1.29 is 9.21 Å². The third-order valence-electron chi connectivity index (χ3n) is 3.77. The average Bonchev–Trinajstić information content (AvgIpc) is 2.96. The van der Waals surface area contributed by atoms with E-state index in [2.05, 4.69) is 25.9 Å². The molecule has 7 nitrogen and oxygen atoms in total. The Bertz CT molecular complexity index is 705. The number of carbonyl (C=O) groups excluding carboxylic acids is 1. The SMILES string of the molecule is CCNC(=NCc1nc(C)c(C)o1)NCCC(=O)NCc1ccccc1. The van der Waals surface area contributed by atoms with E-state index in [1.54, 1.807) is 0 Å². The van der Waals surface area contributed by atoms with Gasteiger partial charge in [0.25, 0.3) is 0 Å². The van der Waals surface area contributed by atoms with Gasteiger partial charge >= 0.3 is 0 Å². The molecule has 0 saturated carbocycles. The molecule has 2 aromatic rings. The van der Waals surface area contributed by atoms with Crippen molar-refractivity contribution in [1.29, 1.82) is 0 Å². The molecule has 0 atom stereocenters. The van der Waals surface area contributed by atoms with Crippen LogP contribution in [0.4, 0.5) is 0 Å². The summed E-state index contributed by atoms with van der Waals surface area (Å²) in [5.74, 6) is 2.02. The summed E-state index contributed by atoms with van der Waals surface area (Å²) in [6, 6.07) is 9.84. The van der Waals surface area contributed by atoms with E-state index in [4.69, 9.17) is 4.42 Å². The molecule has 0 aliphatic heterocycles. The van der Waals surface area contributed by atoms with E-state index in [-0.39, 0.29) is 5.91 Å². The molecule has 1 aromatic carbocycles. The van der Waals surface area contributed by atoms with Crippen molar-refractivity contribution in [2.75, 3.05) is 13.1 Å². The van der Waals surface area contributed by atoms with Gasteiger partial charge in [-0.25, -0.2) is 9.98 Å². The Hall–Kier alpha value is -2.83. The number of nitrogens with one attached hydrogen (secondary N) is 3. The maximum atomic E-state index is 11.9. The summed E-state index contributed by atoms with van der Waals surface area (Å²) in [6.07, 6.45) is 0.370. The number of carbonyl (C=O) groups is 1. The molecule has 7 heteroatoms. The lowest BCUT2D eigenvalue weighted by molar-refractivity contribution is -0.121. The average molecular weight is 357 g/mol. The highest BCUT2D eigenvalue weighted by atomic mass is 16.4. The lowest BCUT2D eigenvalue weighted by Crippen LogP contribution is -2.39. The predicted octanol–water partition coefficient (Wildman–Crippen LogP) is 2.05. The van der Waals surface area contributed by atoms with Crippen LogP contribution in [0.2, 0.25) is 0 Å². The minimum Gasteiger partial charge on any atom is -0.444 e. The second-order valence-corrected chi connectivity index (χ2v) is 5.88. The van der Waals surface area contributed by atoms with Crippen LogP contribution in [0.25, 0.3) is 0 Å². The molecule has 0 bridgehead atoms. The Balaban J connectivity index is 1.74. The first-order chi connectivity index (χ1) is 12.6. The second kappa shape index (κ2) is 10.2. The number of aryl methyl sites for hydroxylation is 2. The van der Waals surface area contributed by atoms with Crippen LogP contribution in [0.1, 0.15) is 36.3 Å². The number of aromatic nitrogens is 1. The van der Waals surface area contributed by atoms with Crippen molar-refractivity contribution >= 4 is 11.9 Å². The molecule has 0 radical (unpaired) electrons. The summed E-state index contributed by atoms with van der Waals surface area (Å²) in [5.41, 5.74) is 1.96. The topological polar surface area (TPSA) is 91.6 Å². The summed E-state index contributed by atoms with van der Waals surface area (Å²) in [4.78, 5) is 20.7. The number of rotatable bonds is 8. The zero-order chi connectivity index (χ0) is 18.8. The van der Waals surface area contributed by atoms with Gasteiger partial charge in [0.05, 0.1) is 5.69 Å². The first-order valence-corrected chi connectivity index (χ1v) is 8.84. The van der Waals surface area contributed by atoms with Crippen LogP contribution in [0.15, 0.2) is 39.7 Å². The normalized spacial score (nSPS) is 11.3. The van der Waals surface area contributed by atoms with E-state index < -0.39 is 0 Å². The van der Waals surface area contributed by atoms with Gasteiger partial charge in [0.1, 0.15) is 12.3 Å². The van der Waals surface area contributed by atoms with Crippen LogP contribution in [-0.4, -0.2) is 29.9 Å². The molecule has 1 amide bonds. The quantitative estimate of drug-likeness (QED) is 0.497. The third kappa shape index (κ3) is 6.58. The van der Waals surface area contributed by atoms with E-state index in [0.717, 1.165) is 23.6 Å². The molecule has 1 aromatic heterocycles. The molecule has 0 unspecified atom stereocenters. The zero-order valence-corrected chi connectivity index (χ0v) is 15.6. The number of guanidine groups is 1. The highest BCUT2D eigenvalue weighted by molar-refractivity contribution is 5.81. The lowest BCUT2D eigenvalue weighted by atomic mass is 10.2. The van der Waals surface area contributed by atoms with Gasteiger partial charge < -0.3 is 20.4 Å². The van der Waals surface area contributed by atoms with Crippen LogP contribution in [0.3, 0.4) is 0 Å². The van der Waals surface area contributed by atoms with Crippen molar-refractivity contribution in [2.45, 2.75) is 40.3 Å². The maximum absolute atomic E-state index is 11.9. The molecule has 3 N–H and O–H groups in total. The number of hydrogen-bond acceptors (Lipinski definition) is 4. The number of oxazole rings is 1. The summed E-state index contributed by atoms with van der Waals surface area (Å²) in [5, 5.41) is 9.20. The zero-order valence-electron chi connectivity index (χ0n) is 15.6. The molecule has 0 saturated heterocycles. The van der Waals surface area contributed by atoms with Crippen LogP contribution < -0.4 is 16.0 Å². The maximum Gasteiger partial charge on any atom is 0.222 e. The second-order valence-electron chi connectivity index (χ2n) is 5.88. The summed E-state index contributed by atoms with van der Waals surface area (Å²) >= 11 is 0. The first-order valence-electron chi connectivity index (χ1n) is 8.84. The fourth-order valence-electron chi connectivity index (χ4n) is 2.27. The van der Waals surface area contributed by atoms with Gasteiger partial charge in [-0.1, -0.05) is 30.3 Å². The highest BCUT2D eigenvalue weighted by Crippen LogP contribution is 2.08. The third-order valence-corrected chi connectivity index (χ3v) is 3.77. The van der Waals surface area contributed by atoms with Crippen molar-refractivity contribution in [3.05, 3.63) is 53.2 Å². The van der Waals surface area contributed by atoms with Gasteiger partial charge in [0, 0.05) is 26.1 Å². The lowest BCUT2D eigenvalue weighted by Gasteiger charge is -2.11. The summed E-state index contributed by atoms with van der Waals surface area (Å²) in [6.45, 7) is 7.90.